The monoisotopic (exact) mass is 404 g/mol. The number of ether oxygens (including phenoxy) is 2. The first kappa shape index (κ1) is 20.0. The highest BCUT2D eigenvalue weighted by Gasteiger charge is 2.44. The van der Waals surface area contributed by atoms with Gasteiger partial charge in [-0.25, -0.2) is 0 Å². The maximum atomic E-state index is 13.4. The Labute approximate surface area is 175 Å². The Kier molecular flexibility index (Phi) is 5.48. The highest BCUT2D eigenvalue weighted by Crippen LogP contribution is 2.46. The summed E-state index contributed by atoms with van der Waals surface area (Å²) in [6, 6.07) is 11.5. The molecule has 0 bridgehead atoms. The normalized spacial score (nSPS) is 23.5. The second kappa shape index (κ2) is 8.22. The molecule has 6 heteroatoms. The SMILES string of the molecule is COC(=O)C1C(C)=NC2=C(C(=O)C[C@H](c3ccc(OC)cc3)C2)[C@H]1c1ccncc1. The molecular formula is C24H24N2O4. The highest BCUT2D eigenvalue weighted by atomic mass is 16.5. The third-order valence-electron chi connectivity index (χ3n) is 6.00. The van der Waals surface area contributed by atoms with Gasteiger partial charge in [-0.1, -0.05) is 12.1 Å². The molecular weight excluding hydrogens is 380 g/mol. The Morgan fingerprint density at radius 1 is 1.00 bits per heavy atom. The predicted octanol–water partition coefficient (Wildman–Crippen LogP) is 3.84. The molecule has 2 aromatic rings. The quantitative estimate of drug-likeness (QED) is 0.724. The number of carbonyl (C=O) groups is 2. The zero-order valence-corrected chi connectivity index (χ0v) is 17.3. The first-order valence-corrected chi connectivity index (χ1v) is 9.96. The third-order valence-corrected chi connectivity index (χ3v) is 6.00. The van der Waals surface area contributed by atoms with E-state index >= 15 is 0 Å². The molecule has 0 saturated heterocycles. The van der Waals surface area contributed by atoms with Crippen LogP contribution in [0.3, 0.4) is 0 Å². The topological polar surface area (TPSA) is 77.8 Å². The number of ketones is 1. The number of aromatic nitrogens is 1. The number of aliphatic imine (C=N–C) groups is 1. The van der Waals surface area contributed by atoms with Crippen LogP contribution in [-0.4, -0.2) is 36.7 Å². The van der Waals surface area contributed by atoms with Crippen LogP contribution in [0.1, 0.15) is 42.7 Å². The molecule has 0 N–H and O–H groups in total. The lowest BCUT2D eigenvalue weighted by molar-refractivity contribution is -0.143. The summed E-state index contributed by atoms with van der Waals surface area (Å²) in [6.07, 6.45) is 4.40. The van der Waals surface area contributed by atoms with E-state index in [4.69, 9.17) is 14.5 Å². The summed E-state index contributed by atoms with van der Waals surface area (Å²) in [5, 5.41) is 0. The zero-order chi connectivity index (χ0) is 21.3. The lowest BCUT2D eigenvalue weighted by atomic mass is 9.69. The van der Waals surface area contributed by atoms with E-state index < -0.39 is 11.8 Å². The van der Waals surface area contributed by atoms with Crippen LogP contribution in [0.5, 0.6) is 5.75 Å². The number of rotatable bonds is 4. The van der Waals surface area contributed by atoms with Gasteiger partial charge < -0.3 is 9.47 Å². The standard InChI is InChI=1S/C24H24N2O4/c1-14-21(24(28)30-3)22(16-8-10-25-11-9-16)23-19(26-14)12-17(13-20(23)27)15-4-6-18(29-2)7-5-15/h4-11,17,21-22H,12-13H2,1-3H3/t17-,21?,22+/m1/s1. The number of carbonyl (C=O) groups excluding carboxylic acids is 2. The summed E-state index contributed by atoms with van der Waals surface area (Å²) in [4.78, 5) is 34.8. The number of methoxy groups -OCH3 is 2. The number of esters is 1. The van der Waals surface area contributed by atoms with Crippen molar-refractivity contribution in [3.63, 3.8) is 0 Å². The van der Waals surface area contributed by atoms with Gasteiger partial charge in [0.1, 0.15) is 11.7 Å². The molecule has 0 fully saturated rings. The van der Waals surface area contributed by atoms with Gasteiger partial charge in [0.2, 0.25) is 0 Å². The van der Waals surface area contributed by atoms with Crippen molar-refractivity contribution in [2.75, 3.05) is 14.2 Å². The number of Topliss-reactive ketones (excluding diaryl/α,β-unsaturated/α-hetero) is 1. The lowest BCUT2D eigenvalue weighted by Crippen LogP contribution is -2.37. The van der Waals surface area contributed by atoms with Gasteiger partial charge in [-0.05, 0) is 54.7 Å². The molecule has 2 heterocycles. The Morgan fingerprint density at radius 2 is 1.70 bits per heavy atom. The van der Waals surface area contributed by atoms with Crippen molar-refractivity contribution in [1.82, 2.24) is 4.98 Å². The van der Waals surface area contributed by atoms with Crippen molar-refractivity contribution in [2.24, 2.45) is 10.9 Å². The van der Waals surface area contributed by atoms with Crippen LogP contribution in [0.2, 0.25) is 0 Å². The van der Waals surface area contributed by atoms with Crippen molar-refractivity contribution in [3.05, 3.63) is 71.2 Å². The van der Waals surface area contributed by atoms with Crippen LogP contribution < -0.4 is 4.74 Å². The van der Waals surface area contributed by atoms with Crippen LogP contribution in [0.25, 0.3) is 0 Å². The fourth-order valence-electron chi connectivity index (χ4n) is 4.53. The largest absolute Gasteiger partial charge is 0.497 e. The second-order valence-corrected chi connectivity index (χ2v) is 7.67. The number of pyridine rings is 1. The fraction of sp³-hybridized carbons (Fsp3) is 0.333. The number of hydrogen-bond acceptors (Lipinski definition) is 6. The van der Waals surface area contributed by atoms with Crippen LogP contribution in [0.4, 0.5) is 0 Å². The van der Waals surface area contributed by atoms with Gasteiger partial charge in [-0.15, -0.1) is 0 Å². The Hall–Kier alpha value is -3.28. The first-order chi connectivity index (χ1) is 14.5. The van der Waals surface area contributed by atoms with Gasteiger partial charge in [-0.2, -0.15) is 0 Å². The van der Waals surface area contributed by atoms with Crippen LogP contribution in [0.15, 0.2) is 65.1 Å². The minimum absolute atomic E-state index is 0.0315. The zero-order valence-electron chi connectivity index (χ0n) is 17.3. The van der Waals surface area contributed by atoms with Gasteiger partial charge in [0.05, 0.1) is 14.2 Å². The molecule has 2 aliphatic rings. The summed E-state index contributed by atoms with van der Waals surface area (Å²) in [7, 11) is 3.00. The van der Waals surface area contributed by atoms with Crippen molar-refractivity contribution >= 4 is 17.5 Å². The maximum Gasteiger partial charge on any atom is 0.315 e. The number of benzene rings is 1. The molecule has 0 amide bonds. The van der Waals surface area contributed by atoms with Gasteiger partial charge in [0, 0.05) is 41.7 Å². The molecule has 6 nitrogen and oxygen atoms in total. The minimum Gasteiger partial charge on any atom is -0.497 e. The van der Waals surface area contributed by atoms with Crippen molar-refractivity contribution in [3.8, 4) is 5.75 Å². The second-order valence-electron chi connectivity index (χ2n) is 7.67. The fourth-order valence-corrected chi connectivity index (χ4v) is 4.53. The molecule has 1 aliphatic carbocycles. The first-order valence-electron chi connectivity index (χ1n) is 9.96. The molecule has 4 rings (SSSR count). The third kappa shape index (κ3) is 3.54. The van der Waals surface area contributed by atoms with E-state index in [1.165, 1.54) is 7.11 Å². The van der Waals surface area contributed by atoms with E-state index in [1.807, 2.05) is 43.3 Å². The Bertz CT molecular complexity index is 1020. The predicted molar refractivity (Wildman–Crippen MR) is 113 cm³/mol. The smallest absolute Gasteiger partial charge is 0.315 e. The van der Waals surface area contributed by atoms with E-state index in [2.05, 4.69) is 4.98 Å². The summed E-state index contributed by atoms with van der Waals surface area (Å²) in [5.74, 6) is -0.536. The van der Waals surface area contributed by atoms with Crippen molar-refractivity contribution in [1.29, 1.82) is 0 Å². The highest BCUT2D eigenvalue weighted by molar-refractivity contribution is 6.09. The number of nitrogens with zero attached hydrogens (tertiary/aromatic N) is 2. The van der Waals surface area contributed by atoms with Crippen molar-refractivity contribution in [2.45, 2.75) is 31.6 Å². The van der Waals surface area contributed by atoms with Crippen LogP contribution in [0, 0.1) is 5.92 Å². The molecule has 0 radical (unpaired) electrons. The van der Waals surface area contributed by atoms with Crippen LogP contribution in [-0.2, 0) is 14.3 Å². The van der Waals surface area contributed by atoms with Gasteiger partial charge in [0.15, 0.2) is 5.78 Å². The van der Waals surface area contributed by atoms with Gasteiger partial charge >= 0.3 is 5.97 Å². The van der Waals surface area contributed by atoms with E-state index in [0.29, 0.717) is 24.1 Å². The average Bonchev–Trinajstić information content (AvgIpc) is 2.78. The van der Waals surface area contributed by atoms with E-state index in [0.717, 1.165) is 22.6 Å². The van der Waals surface area contributed by atoms with E-state index in [-0.39, 0.29) is 17.7 Å². The summed E-state index contributed by atoms with van der Waals surface area (Å²) >= 11 is 0. The molecule has 1 aliphatic heterocycles. The molecule has 1 unspecified atom stereocenters. The van der Waals surface area contributed by atoms with Crippen molar-refractivity contribution < 1.29 is 19.1 Å². The number of allylic oxidation sites excluding steroid dienone is 2. The molecule has 0 spiro atoms. The summed E-state index contributed by atoms with van der Waals surface area (Å²) in [5.41, 5.74) is 4.03. The van der Waals surface area contributed by atoms with Gasteiger partial charge in [0.25, 0.3) is 0 Å². The molecule has 154 valence electrons. The summed E-state index contributed by atoms with van der Waals surface area (Å²) < 4.78 is 10.3. The Morgan fingerprint density at radius 3 is 2.33 bits per heavy atom. The van der Waals surface area contributed by atoms with Crippen LogP contribution >= 0.6 is 0 Å². The van der Waals surface area contributed by atoms with E-state index in [9.17, 15) is 9.59 Å². The molecule has 1 aromatic carbocycles. The molecule has 0 saturated carbocycles. The van der Waals surface area contributed by atoms with E-state index in [1.54, 1.807) is 19.5 Å². The maximum absolute atomic E-state index is 13.4. The lowest BCUT2D eigenvalue weighted by Gasteiger charge is -2.36. The minimum atomic E-state index is -0.613. The molecule has 30 heavy (non-hydrogen) atoms. The molecule has 1 aromatic heterocycles. The summed E-state index contributed by atoms with van der Waals surface area (Å²) in [6.45, 7) is 1.83. The average molecular weight is 404 g/mol. The molecule has 3 atom stereocenters. The Balaban J connectivity index is 1.76. The number of hydrogen-bond donors (Lipinski definition) is 0. The van der Waals surface area contributed by atoms with Gasteiger partial charge in [-0.3, -0.25) is 19.6 Å².